The van der Waals surface area contributed by atoms with Crippen LogP contribution in [0.25, 0.3) is 0 Å². The summed E-state index contributed by atoms with van der Waals surface area (Å²) >= 11 is 0. The van der Waals surface area contributed by atoms with Gasteiger partial charge in [-0.2, -0.15) is 4.31 Å². The second-order valence-corrected chi connectivity index (χ2v) is 9.26. The summed E-state index contributed by atoms with van der Waals surface area (Å²) in [6, 6.07) is 14.3. The fourth-order valence-corrected chi connectivity index (χ4v) is 5.28. The molecule has 0 bridgehead atoms. The van der Waals surface area contributed by atoms with Gasteiger partial charge >= 0.3 is 0 Å². The molecule has 0 radical (unpaired) electrons. The Labute approximate surface area is 165 Å². The minimum atomic E-state index is -3.67. The summed E-state index contributed by atoms with van der Waals surface area (Å²) in [4.78, 5) is 14.6. The summed E-state index contributed by atoms with van der Waals surface area (Å²) in [7, 11) is -1.93. The number of carbonyl (C=O) groups excluding carboxylic acids is 1. The van der Waals surface area contributed by atoms with E-state index in [0.29, 0.717) is 38.3 Å². The number of fused-ring (bicyclic) bond motifs is 1. The Hall–Kier alpha value is -2.22. The Kier molecular flexibility index (Phi) is 5.23. The molecule has 28 heavy (non-hydrogen) atoms. The van der Waals surface area contributed by atoms with Gasteiger partial charge in [0.05, 0.1) is 17.5 Å². The molecule has 0 saturated carbocycles. The molecule has 6 nitrogen and oxygen atoms in total. The van der Waals surface area contributed by atoms with Crippen LogP contribution in [0.5, 0.6) is 0 Å². The normalized spacial score (nSPS) is 20.0. The third kappa shape index (κ3) is 3.57. The number of hydrogen-bond acceptors (Lipinski definition) is 4. The van der Waals surface area contributed by atoms with E-state index in [9.17, 15) is 13.2 Å². The van der Waals surface area contributed by atoms with Gasteiger partial charge in [-0.15, -0.1) is 0 Å². The number of carbonyl (C=O) groups is 1. The van der Waals surface area contributed by atoms with Gasteiger partial charge in [-0.05, 0) is 42.2 Å². The molecule has 2 aliphatic rings. The number of amides is 1. The van der Waals surface area contributed by atoms with E-state index in [4.69, 9.17) is 4.74 Å². The SMILES string of the molecule is CN(C(=O)c1cccc(S(=O)(=O)N2CCc3ccccc3C2)c1)C1CCOC1. The lowest BCUT2D eigenvalue weighted by molar-refractivity contribution is 0.0711. The minimum absolute atomic E-state index is 0.0337. The molecule has 1 atom stereocenters. The van der Waals surface area contributed by atoms with Crippen LogP contribution in [-0.2, 0) is 27.7 Å². The van der Waals surface area contributed by atoms with Crippen molar-refractivity contribution in [3.63, 3.8) is 0 Å². The molecule has 1 saturated heterocycles. The number of sulfonamides is 1. The monoisotopic (exact) mass is 400 g/mol. The van der Waals surface area contributed by atoms with Gasteiger partial charge in [-0.1, -0.05) is 30.3 Å². The highest BCUT2D eigenvalue weighted by molar-refractivity contribution is 7.89. The van der Waals surface area contributed by atoms with Crippen molar-refractivity contribution in [2.75, 3.05) is 26.8 Å². The van der Waals surface area contributed by atoms with Gasteiger partial charge in [0, 0.05) is 32.3 Å². The Bertz CT molecular complexity index is 983. The van der Waals surface area contributed by atoms with E-state index in [0.717, 1.165) is 12.0 Å². The topological polar surface area (TPSA) is 66.9 Å². The third-order valence-electron chi connectivity index (χ3n) is 5.59. The number of nitrogens with zero attached hydrogens (tertiary/aromatic N) is 2. The maximum Gasteiger partial charge on any atom is 0.253 e. The summed E-state index contributed by atoms with van der Waals surface area (Å²) in [6.07, 6.45) is 1.49. The van der Waals surface area contributed by atoms with E-state index < -0.39 is 10.0 Å². The number of hydrogen-bond donors (Lipinski definition) is 0. The van der Waals surface area contributed by atoms with Crippen molar-refractivity contribution >= 4 is 15.9 Å². The lowest BCUT2D eigenvalue weighted by Gasteiger charge is -2.28. The maximum atomic E-state index is 13.2. The van der Waals surface area contributed by atoms with Crippen LogP contribution < -0.4 is 0 Å². The molecule has 0 spiro atoms. The quantitative estimate of drug-likeness (QED) is 0.790. The van der Waals surface area contributed by atoms with Gasteiger partial charge in [-0.25, -0.2) is 8.42 Å². The Morgan fingerprint density at radius 2 is 1.93 bits per heavy atom. The van der Waals surface area contributed by atoms with Crippen LogP contribution in [0.4, 0.5) is 0 Å². The fraction of sp³-hybridized carbons (Fsp3) is 0.381. The first-order valence-electron chi connectivity index (χ1n) is 9.49. The van der Waals surface area contributed by atoms with Crippen molar-refractivity contribution < 1.29 is 17.9 Å². The van der Waals surface area contributed by atoms with Crippen LogP contribution in [0.2, 0.25) is 0 Å². The number of ether oxygens (including phenoxy) is 1. The van der Waals surface area contributed by atoms with Gasteiger partial charge in [0.1, 0.15) is 0 Å². The van der Waals surface area contributed by atoms with Crippen molar-refractivity contribution in [1.29, 1.82) is 0 Å². The molecule has 1 fully saturated rings. The van der Waals surface area contributed by atoms with Crippen molar-refractivity contribution in [3.8, 4) is 0 Å². The molecule has 1 amide bonds. The van der Waals surface area contributed by atoms with E-state index in [-0.39, 0.29) is 16.8 Å². The van der Waals surface area contributed by atoms with Gasteiger partial charge in [0.15, 0.2) is 0 Å². The summed E-state index contributed by atoms with van der Waals surface area (Å²) in [5.74, 6) is -0.184. The summed E-state index contributed by atoms with van der Waals surface area (Å²) in [5, 5.41) is 0. The van der Waals surface area contributed by atoms with Crippen molar-refractivity contribution in [2.24, 2.45) is 0 Å². The average molecular weight is 401 g/mol. The van der Waals surface area contributed by atoms with Gasteiger partial charge in [0.25, 0.3) is 5.91 Å². The van der Waals surface area contributed by atoms with Crippen molar-refractivity contribution in [3.05, 3.63) is 65.2 Å². The molecule has 2 heterocycles. The molecule has 2 aromatic rings. The van der Waals surface area contributed by atoms with Crippen molar-refractivity contribution in [2.45, 2.75) is 30.3 Å². The number of rotatable bonds is 4. The van der Waals surface area contributed by atoms with Crippen LogP contribution in [0.3, 0.4) is 0 Å². The molecule has 2 aliphatic heterocycles. The second-order valence-electron chi connectivity index (χ2n) is 7.32. The van der Waals surface area contributed by atoms with E-state index in [2.05, 4.69) is 0 Å². The van der Waals surface area contributed by atoms with Crippen LogP contribution in [0, 0.1) is 0 Å². The van der Waals surface area contributed by atoms with E-state index in [1.54, 1.807) is 30.1 Å². The zero-order valence-electron chi connectivity index (χ0n) is 15.9. The number of likely N-dealkylation sites (N-methyl/N-ethyl adjacent to an activating group) is 1. The van der Waals surface area contributed by atoms with Crippen LogP contribution >= 0.6 is 0 Å². The smallest absolute Gasteiger partial charge is 0.253 e. The predicted molar refractivity (Wildman–Crippen MR) is 106 cm³/mol. The Morgan fingerprint density at radius 3 is 2.68 bits per heavy atom. The average Bonchev–Trinajstić information content (AvgIpc) is 3.27. The van der Waals surface area contributed by atoms with E-state index in [1.807, 2.05) is 24.3 Å². The molecule has 0 N–H and O–H groups in total. The van der Waals surface area contributed by atoms with E-state index in [1.165, 1.54) is 15.9 Å². The Morgan fingerprint density at radius 1 is 1.14 bits per heavy atom. The largest absolute Gasteiger partial charge is 0.379 e. The first kappa shape index (κ1) is 19.1. The highest BCUT2D eigenvalue weighted by atomic mass is 32.2. The standard InChI is InChI=1S/C21H24N2O4S/c1-22(19-10-12-27-15-19)21(24)17-7-4-8-20(13-17)28(25,26)23-11-9-16-5-2-3-6-18(16)14-23/h2-8,13,19H,9-12,14-15H2,1H3. The molecule has 7 heteroatoms. The van der Waals surface area contributed by atoms with E-state index >= 15 is 0 Å². The molecule has 4 rings (SSSR count). The first-order chi connectivity index (χ1) is 13.5. The third-order valence-corrected chi connectivity index (χ3v) is 7.43. The predicted octanol–water partition coefficient (Wildman–Crippen LogP) is 2.29. The lowest BCUT2D eigenvalue weighted by atomic mass is 10.0. The maximum absolute atomic E-state index is 13.2. The molecule has 148 valence electrons. The van der Waals surface area contributed by atoms with Crippen LogP contribution in [-0.4, -0.2) is 56.4 Å². The van der Waals surface area contributed by atoms with Gasteiger partial charge < -0.3 is 9.64 Å². The zero-order valence-corrected chi connectivity index (χ0v) is 16.7. The molecule has 0 aromatic heterocycles. The number of benzene rings is 2. The molecular weight excluding hydrogens is 376 g/mol. The summed E-state index contributed by atoms with van der Waals surface area (Å²) < 4.78 is 33.2. The second kappa shape index (κ2) is 7.66. The molecule has 2 aromatic carbocycles. The highest BCUT2D eigenvalue weighted by Gasteiger charge is 2.30. The van der Waals surface area contributed by atoms with Gasteiger partial charge in [-0.3, -0.25) is 4.79 Å². The molecular formula is C21H24N2O4S. The molecule has 0 aliphatic carbocycles. The van der Waals surface area contributed by atoms with Gasteiger partial charge in [0.2, 0.25) is 10.0 Å². The summed E-state index contributed by atoms with van der Waals surface area (Å²) in [6.45, 7) is 1.97. The van der Waals surface area contributed by atoms with Crippen molar-refractivity contribution in [1.82, 2.24) is 9.21 Å². The fourth-order valence-electron chi connectivity index (χ4n) is 3.81. The molecule has 1 unspecified atom stereocenters. The minimum Gasteiger partial charge on any atom is -0.379 e. The van der Waals surface area contributed by atoms with Crippen LogP contribution in [0.1, 0.15) is 27.9 Å². The Balaban J connectivity index is 1.57. The lowest BCUT2D eigenvalue weighted by Crippen LogP contribution is -2.38. The highest BCUT2D eigenvalue weighted by Crippen LogP contribution is 2.26. The first-order valence-corrected chi connectivity index (χ1v) is 10.9. The zero-order chi connectivity index (χ0) is 19.7. The summed E-state index contributed by atoms with van der Waals surface area (Å²) in [5.41, 5.74) is 2.61. The van der Waals surface area contributed by atoms with Crippen LogP contribution in [0.15, 0.2) is 53.4 Å².